The topological polar surface area (TPSA) is 122 Å². The molecule has 0 aliphatic heterocycles. The molecule has 5 rings (SSSR count). The van der Waals surface area contributed by atoms with Crippen LogP contribution in [0.2, 0.25) is 0 Å². The zero-order valence-corrected chi connectivity index (χ0v) is 23.9. The van der Waals surface area contributed by atoms with E-state index in [0.29, 0.717) is 37.2 Å². The Labute approximate surface area is 237 Å². The molecular formula is C29H33F2N5O4S. The van der Waals surface area contributed by atoms with E-state index >= 15 is 8.78 Å². The van der Waals surface area contributed by atoms with Crippen LogP contribution in [-0.4, -0.2) is 65.9 Å². The van der Waals surface area contributed by atoms with Crippen molar-refractivity contribution in [2.45, 2.75) is 43.4 Å². The van der Waals surface area contributed by atoms with Crippen molar-refractivity contribution in [3.63, 3.8) is 0 Å². The largest absolute Gasteiger partial charge is 0.491 e. The van der Waals surface area contributed by atoms with Gasteiger partial charge in [0.25, 0.3) is 0 Å². The average molecular weight is 586 g/mol. The molecule has 0 radical (unpaired) electrons. The molecule has 3 heterocycles. The summed E-state index contributed by atoms with van der Waals surface area (Å²) < 4.78 is 66.6. The number of hydrogen-bond acceptors (Lipinski definition) is 8. The molecule has 1 fully saturated rings. The fourth-order valence-corrected chi connectivity index (χ4v) is 7.72. The summed E-state index contributed by atoms with van der Waals surface area (Å²) in [5, 5.41) is 3.96. The van der Waals surface area contributed by atoms with Crippen molar-refractivity contribution in [3.05, 3.63) is 77.5 Å². The molecule has 0 spiro atoms. The number of nitrogens with zero attached hydrogens (tertiary/aromatic N) is 4. The second-order valence-electron chi connectivity index (χ2n) is 10.7. The first-order valence-electron chi connectivity index (χ1n) is 13.4. The van der Waals surface area contributed by atoms with Gasteiger partial charge in [-0.05, 0) is 54.0 Å². The first-order valence-corrected chi connectivity index (χ1v) is 15.3. The third-order valence-electron chi connectivity index (χ3n) is 7.70. The van der Waals surface area contributed by atoms with Gasteiger partial charge in [0, 0.05) is 50.4 Å². The lowest BCUT2D eigenvalue weighted by Gasteiger charge is -2.38. The van der Waals surface area contributed by atoms with Crippen LogP contribution in [0.1, 0.15) is 42.6 Å². The van der Waals surface area contributed by atoms with Crippen molar-refractivity contribution in [3.8, 4) is 17.0 Å². The van der Waals surface area contributed by atoms with Crippen LogP contribution < -0.4 is 10.5 Å². The third kappa shape index (κ3) is 6.09. The highest BCUT2D eigenvalue weighted by molar-refractivity contribution is 7.91. The number of rotatable bonds is 9. The number of nitrogens with two attached hydrogens (primary N) is 1. The predicted octanol–water partition coefficient (Wildman–Crippen LogP) is 3.94. The Balaban J connectivity index is 1.44. The molecule has 3 aromatic heterocycles. The van der Waals surface area contributed by atoms with Crippen molar-refractivity contribution in [1.29, 1.82) is 0 Å². The van der Waals surface area contributed by atoms with E-state index in [1.807, 2.05) is 13.0 Å². The van der Waals surface area contributed by atoms with Gasteiger partial charge in [-0.2, -0.15) is 5.10 Å². The molecule has 2 N–H and O–H groups in total. The van der Waals surface area contributed by atoms with Crippen LogP contribution in [0.5, 0.6) is 5.75 Å². The molecule has 0 saturated heterocycles. The summed E-state index contributed by atoms with van der Waals surface area (Å²) in [6.45, 7) is 2.39. The molecule has 9 nitrogen and oxygen atoms in total. The maximum atomic E-state index is 15.0. The SMILES string of the molecule is COCCOc1cc(F)c(-c2ccc3cnc(Cc4cnccc4[C@H]4C[C@@H](N)[C@@H](S(C)(=O)=O)[C@@H](C)C4)n3n2)c(F)c1. The van der Waals surface area contributed by atoms with Crippen molar-refractivity contribution in [1.82, 2.24) is 19.6 Å². The van der Waals surface area contributed by atoms with E-state index in [0.717, 1.165) is 23.3 Å². The van der Waals surface area contributed by atoms with Crippen molar-refractivity contribution < 1.29 is 26.7 Å². The lowest BCUT2D eigenvalue weighted by atomic mass is 9.75. The van der Waals surface area contributed by atoms with Crippen LogP contribution in [-0.2, 0) is 21.0 Å². The molecule has 41 heavy (non-hydrogen) atoms. The number of fused-ring (bicyclic) bond motifs is 1. The lowest BCUT2D eigenvalue weighted by molar-refractivity contribution is 0.146. The van der Waals surface area contributed by atoms with Crippen LogP contribution >= 0.6 is 0 Å². The highest BCUT2D eigenvalue weighted by atomic mass is 32.2. The molecule has 218 valence electrons. The molecule has 4 atom stereocenters. The van der Waals surface area contributed by atoms with Gasteiger partial charge in [0.15, 0.2) is 9.84 Å². The van der Waals surface area contributed by atoms with Crippen molar-refractivity contribution >= 4 is 15.4 Å². The Bertz CT molecular complexity index is 1630. The molecule has 0 unspecified atom stereocenters. The Morgan fingerprint density at radius 2 is 1.85 bits per heavy atom. The predicted molar refractivity (Wildman–Crippen MR) is 150 cm³/mol. The number of benzene rings is 1. The molecule has 4 aromatic rings. The van der Waals surface area contributed by atoms with E-state index in [4.69, 9.17) is 15.2 Å². The maximum absolute atomic E-state index is 15.0. The Hall–Kier alpha value is -3.48. The molecule has 0 amide bonds. The van der Waals surface area contributed by atoms with Crippen LogP contribution in [0.3, 0.4) is 0 Å². The third-order valence-corrected chi connectivity index (χ3v) is 9.51. The minimum atomic E-state index is -3.27. The van der Waals surface area contributed by atoms with Gasteiger partial charge >= 0.3 is 0 Å². The van der Waals surface area contributed by atoms with E-state index in [9.17, 15) is 8.42 Å². The van der Waals surface area contributed by atoms with Crippen molar-refractivity contribution in [2.75, 3.05) is 26.6 Å². The number of methoxy groups -OCH3 is 1. The van der Waals surface area contributed by atoms with Crippen LogP contribution in [0, 0.1) is 17.6 Å². The number of pyridine rings is 1. The Kier molecular flexibility index (Phi) is 8.35. The summed E-state index contributed by atoms with van der Waals surface area (Å²) >= 11 is 0. The Morgan fingerprint density at radius 1 is 1.10 bits per heavy atom. The maximum Gasteiger partial charge on any atom is 0.152 e. The number of ether oxygens (including phenoxy) is 2. The molecule has 1 aliphatic rings. The van der Waals surface area contributed by atoms with E-state index in [1.165, 1.54) is 13.4 Å². The van der Waals surface area contributed by atoms with Gasteiger partial charge < -0.3 is 15.2 Å². The first-order chi connectivity index (χ1) is 19.6. The monoisotopic (exact) mass is 585 g/mol. The van der Waals surface area contributed by atoms with Crippen molar-refractivity contribution in [2.24, 2.45) is 11.7 Å². The smallest absolute Gasteiger partial charge is 0.152 e. The van der Waals surface area contributed by atoms with E-state index in [-0.39, 0.29) is 35.4 Å². The summed E-state index contributed by atoms with van der Waals surface area (Å²) in [6, 6.07) is 6.97. The zero-order valence-electron chi connectivity index (χ0n) is 23.1. The molecule has 1 saturated carbocycles. The number of hydrogen-bond donors (Lipinski definition) is 1. The zero-order chi connectivity index (χ0) is 29.3. The highest BCUT2D eigenvalue weighted by Crippen LogP contribution is 2.39. The van der Waals surface area contributed by atoms with Gasteiger partial charge in [-0.25, -0.2) is 26.7 Å². The van der Waals surface area contributed by atoms with Gasteiger partial charge in [-0.1, -0.05) is 6.92 Å². The van der Waals surface area contributed by atoms with E-state index in [2.05, 4.69) is 15.1 Å². The summed E-state index contributed by atoms with van der Waals surface area (Å²) in [5.41, 5.74) is 8.83. The summed E-state index contributed by atoms with van der Waals surface area (Å²) in [6.07, 6.45) is 7.95. The number of halogens is 2. The first kappa shape index (κ1) is 29.0. The average Bonchev–Trinajstić information content (AvgIpc) is 3.29. The fourth-order valence-electron chi connectivity index (χ4n) is 6.02. The highest BCUT2D eigenvalue weighted by Gasteiger charge is 2.40. The van der Waals surface area contributed by atoms with Gasteiger partial charge in [-0.3, -0.25) is 4.98 Å². The van der Waals surface area contributed by atoms with E-state index in [1.54, 1.807) is 35.2 Å². The summed E-state index contributed by atoms with van der Waals surface area (Å²) in [4.78, 5) is 8.85. The Morgan fingerprint density at radius 3 is 2.54 bits per heavy atom. The molecule has 1 aromatic carbocycles. The van der Waals surface area contributed by atoms with Crippen LogP contribution in [0.25, 0.3) is 16.8 Å². The van der Waals surface area contributed by atoms with Gasteiger partial charge in [0.2, 0.25) is 0 Å². The van der Waals surface area contributed by atoms with Crippen LogP contribution in [0.4, 0.5) is 8.78 Å². The molecule has 12 heteroatoms. The van der Waals surface area contributed by atoms with Gasteiger partial charge in [0.1, 0.15) is 29.8 Å². The molecule has 0 bridgehead atoms. The molecular weight excluding hydrogens is 552 g/mol. The second kappa shape index (κ2) is 11.8. The second-order valence-corrected chi connectivity index (χ2v) is 12.9. The number of imidazole rings is 1. The lowest BCUT2D eigenvalue weighted by Crippen LogP contribution is -2.48. The number of sulfone groups is 1. The summed E-state index contributed by atoms with van der Waals surface area (Å²) in [5.74, 6) is -1.00. The molecule has 1 aliphatic carbocycles. The normalized spacial score (nSPS) is 21.3. The van der Waals surface area contributed by atoms with Gasteiger partial charge in [0.05, 0.1) is 34.8 Å². The quantitative estimate of drug-likeness (QED) is 0.293. The standard InChI is InChI=1S/C29H33F2N5O4S/c1-17-10-18(11-25(32)29(17)41(3,37)38)22-6-7-33-15-19(22)12-27-34-16-20-4-5-26(35-36(20)27)28-23(30)13-21(14-24(28)31)40-9-8-39-2/h4-7,13-18,25,29H,8-12,32H2,1-3H3/t17-,18+,25+,29-/m0/s1. The van der Waals surface area contributed by atoms with E-state index < -0.39 is 32.8 Å². The fraction of sp³-hybridized carbons (Fsp3) is 0.414. The van der Waals surface area contributed by atoms with Gasteiger partial charge in [-0.15, -0.1) is 0 Å². The number of aromatic nitrogens is 4. The minimum absolute atomic E-state index is 0.0542. The summed E-state index contributed by atoms with van der Waals surface area (Å²) in [7, 11) is -1.76. The minimum Gasteiger partial charge on any atom is -0.491 e. The van der Waals surface area contributed by atoms with Crippen LogP contribution in [0.15, 0.2) is 48.9 Å².